The molecule has 0 bridgehead atoms. The Morgan fingerprint density at radius 2 is 2.14 bits per heavy atom. The maximum Gasteiger partial charge on any atom is 0.0888 e. The monoisotopic (exact) mass is 194 g/mol. The number of piperidine rings is 1. The lowest BCUT2D eigenvalue weighted by atomic mass is 9.93. The molecule has 2 rings (SSSR count). The predicted octanol–water partition coefficient (Wildman–Crippen LogP) is 1.07. The summed E-state index contributed by atoms with van der Waals surface area (Å²) >= 11 is 0. The first-order valence-electron chi connectivity index (χ1n) is 5.43. The van der Waals surface area contributed by atoms with Crippen molar-refractivity contribution in [3.8, 4) is 0 Å². The Balaban J connectivity index is 2.18. The van der Waals surface area contributed by atoms with Crippen LogP contribution in [-0.2, 0) is 6.54 Å². The normalized spacial score (nSPS) is 18.7. The van der Waals surface area contributed by atoms with Crippen LogP contribution in [0.3, 0.4) is 0 Å². The molecule has 0 aliphatic carbocycles. The highest BCUT2D eigenvalue weighted by Crippen LogP contribution is 2.25. The van der Waals surface area contributed by atoms with E-state index >= 15 is 0 Å². The Kier molecular flexibility index (Phi) is 2.82. The minimum Gasteiger partial charge on any atom is -0.317 e. The molecular formula is C10H18N4. The molecule has 1 aromatic heterocycles. The van der Waals surface area contributed by atoms with Gasteiger partial charge in [-0.15, -0.1) is 5.10 Å². The second-order valence-corrected chi connectivity index (χ2v) is 3.90. The third-order valence-electron chi connectivity index (χ3n) is 3.04. The van der Waals surface area contributed by atoms with Gasteiger partial charge in [0, 0.05) is 12.5 Å². The molecule has 0 spiro atoms. The van der Waals surface area contributed by atoms with Crippen molar-refractivity contribution in [3.63, 3.8) is 0 Å². The van der Waals surface area contributed by atoms with E-state index in [1.165, 1.54) is 24.2 Å². The number of hydrogen-bond acceptors (Lipinski definition) is 3. The average Bonchev–Trinajstić information content (AvgIpc) is 2.61. The van der Waals surface area contributed by atoms with E-state index in [2.05, 4.69) is 29.5 Å². The van der Waals surface area contributed by atoms with Gasteiger partial charge < -0.3 is 5.32 Å². The van der Waals surface area contributed by atoms with Crippen molar-refractivity contribution in [1.82, 2.24) is 20.3 Å². The van der Waals surface area contributed by atoms with E-state index in [0.29, 0.717) is 5.92 Å². The number of hydrogen-bond donors (Lipinski definition) is 1. The largest absolute Gasteiger partial charge is 0.317 e. The highest BCUT2D eigenvalue weighted by molar-refractivity contribution is 5.14. The molecule has 0 atom stereocenters. The summed E-state index contributed by atoms with van der Waals surface area (Å²) in [5.74, 6) is 0.622. The van der Waals surface area contributed by atoms with E-state index in [9.17, 15) is 0 Å². The molecular weight excluding hydrogens is 176 g/mol. The van der Waals surface area contributed by atoms with E-state index in [1.807, 2.05) is 4.68 Å². The Hall–Kier alpha value is -0.900. The zero-order valence-corrected chi connectivity index (χ0v) is 8.95. The number of aromatic nitrogens is 3. The van der Waals surface area contributed by atoms with Crippen molar-refractivity contribution in [1.29, 1.82) is 0 Å². The first kappa shape index (κ1) is 9.65. The summed E-state index contributed by atoms with van der Waals surface area (Å²) in [7, 11) is 0. The summed E-state index contributed by atoms with van der Waals surface area (Å²) in [6.07, 6.45) is 2.40. The van der Waals surface area contributed by atoms with E-state index in [1.54, 1.807) is 0 Å². The molecule has 1 aromatic rings. The van der Waals surface area contributed by atoms with Gasteiger partial charge in [0.1, 0.15) is 0 Å². The van der Waals surface area contributed by atoms with Crippen LogP contribution in [0, 0.1) is 6.92 Å². The van der Waals surface area contributed by atoms with Crippen molar-refractivity contribution >= 4 is 0 Å². The Morgan fingerprint density at radius 3 is 2.71 bits per heavy atom. The highest BCUT2D eigenvalue weighted by Gasteiger charge is 2.20. The van der Waals surface area contributed by atoms with Crippen LogP contribution in [0.1, 0.15) is 37.1 Å². The maximum absolute atomic E-state index is 4.30. The van der Waals surface area contributed by atoms with Crippen LogP contribution in [-0.4, -0.2) is 28.1 Å². The minimum absolute atomic E-state index is 0.622. The van der Waals surface area contributed by atoms with E-state index in [0.717, 1.165) is 19.6 Å². The molecule has 1 N–H and O–H groups in total. The fourth-order valence-corrected chi connectivity index (χ4v) is 2.15. The fourth-order valence-electron chi connectivity index (χ4n) is 2.15. The van der Waals surface area contributed by atoms with Gasteiger partial charge in [-0.1, -0.05) is 5.21 Å². The van der Waals surface area contributed by atoms with Crippen LogP contribution in [0.2, 0.25) is 0 Å². The molecule has 14 heavy (non-hydrogen) atoms. The van der Waals surface area contributed by atoms with Gasteiger partial charge in [0.05, 0.1) is 11.4 Å². The molecule has 1 saturated heterocycles. The third kappa shape index (κ3) is 1.66. The number of aryl methyl sites for hydroxylation is 1. The van der Waals surface area contributed by atoms with Crippen LogP contribution in [0.15, 0.2) is 0 Å². The molecule has 2 heterocycles. The molecule has 4 nitrogen and oxygen atoms in total. The summed E-state index contributed by atoms with van der Waals surface area (Å²) in [6, 6.07) is 0. The van der Waals surface area contributed by atoms with E-state index < -0.39 is 0 Å². The van der Waals surface area contributed by atoms with Gasteiger partial charge in [-0.25, -0.2) is 4.68 Å². The van der Waals surface area contributed by atoms with Gasteiger partial charge >= 0.3 is 0 Å². The molecule has 0 aromatic carbocycles. The molecule has 1 aliphatic rings. The zero-order chi connectivity index (χ0) is 9.97. The number of nitrogens with zero attached hydrogens (tertiary/aromatic N) is 3. The average molecular weight is 194 g/mol. The lowest BCUT2D eigenvalue weighted by Gasteiger charge is -2.21. The van der Waals surface area contributed by atoms with Gasteiger partial charge in [-0.2, -0.15) is 0 Å². The Bertz CT molecular complexity index is 299. The Morgan fingerprint density at radius 1 is 1.43 bits per heavy atom. The molecule has 0 unspecified atom stereocenters. The first-order valence-corrected chi connectivity index (χ1v) is 5.43. The molecule has 0 amide bonds. The van der Waals surface area contributed by atoms with Crippen LogP contribution < -0.4 is 5.32 Å². The van der Waals surface area contributed by atoms with Crippen LogP contribution >= 0.6 is 0 Å². The van der Waals surface area contributed by atoms with Crippen LogP contribution in [0.25, 0.3) is 0 Å². The molecule has 0 radical (unpaired) electrons. The second-order valence-electron chi connectivity index (χ2n) is 3.90. The smallest absolute Gasteiger partial charge is 0.0888 e. The maximum atomic E-state index is 4.30. The highest BCUT2D eigenvalue weighted by atomic mass is 15.4. The fraction of sp³-hybridized carbons (Fsp3) is 0.800. The van der Waals surface area contributed by atoms with Crippen LogP contribution in [0.4, 0.5) is 0 Å². The SMILES string of the molecule is CCn1nnc(C2CCNCC2)c1C. The van der Waals surface area contributed by atoms with Crippen molar-refractivity contribution in [2.24, 2.45) is 0 Å². The number of rotatable bonds is 2. The lowest BCUT2D eigenvalue weighted by molar-refractivity contribution is 0.451. The van der Waals surface area contributed by atoms with Crippen molar-refractivity contribution in [3.05, 3.63) is 11.4 Å². The van der Waals surface area contributed by atoms with Gasteiger partial charge in [0.15, 0.2) is 0 Å². The molecule has 1 fully saturated rings. The zero-order valence-electron chi connectivity index (χ0n) is 8.95. The first-order chi connectivity index (χ1) is 6.83. The van der Waals surface area contributed by atoms with Gasteiger partial charge in [0.25, 0.3) is 0 Å². The third-order valence-corrected chi connectivity index (χ3v) is 3.04. The summed E-state index contributed by atoms with van der Waals surface area (Å²) in [5, 5.41) is 11.8. The van der Waals surface area contributed by atoms with Crippen molar-refractivity contribution in [2.45, 2.75) is 39.2 Å². The predicted molar refractivity (Wildman–Crippen MR) is 55.3 cm³/mol. The van der Waals surface area contributed by atoms with Crippen LogP contribution in [0.5, 0.6) is 0 Å². The summed E-state index contributed by atoms with van der Waals surface area (Å²) in [4.78, 5) is 0. The quantitative estimate of drug-likeness (QED) is 0.766. The molecule has 1 aliphatic heterocycles. The van der Waals surface area contributed by atoms with Gasteiger partial charge in [-0.05, 0) is 39.8 Å². The second kappa shape index (κ2) is 4.09. The van der Waals surface area contributed by atoms with Crippen molar-refractivity contribution in [2.75, 3.05) is 13.1 Å². The van der Waals surface area contributed by atoms with E-state index in [4.69, 9.17) is 0 Å². The summed E-state index contributed by atoms with van der Waals surface area (Å²) in [6.45, 7) is 7.38. The van der Waals surface area contributed by atoms with Gasteiger partial charge in [0.2, 0.25) is 0 Å². The molecule has 78 valence electrons. The number of nitrogens with one attached hydrogen (secondary N) is 1. The standard InChI is InChI=1S/C10H18N4/c1-3-14-8(2)10(12-13-14)9-4-6-11-7-5-9/h9,11H,3-7H2,1-2H3. The summed E-state index contributed by atoms with van der Waals surface area (Å²) < 4.78 is 1.98. The van der Waals surface area contributed by atoms with Crippen molar-refractivity contribution < 1.29 is 0 Å². The molecule has 4 heteroatoms. The molecule has 0 saturated carbocycles. The summed E-state index contributed by atoms with van der Waals surface area (Å²) in [5.41, 5.74) is 2.47. The van der Waals surface area contributed by atoms with Gasteiger partial charge in [-0.3, -0.25) is 0 Å². The topological polar surface area (TPSA) is 42.7 Å². The lowest BCUT2D eigenvalue weighted by Crippen LogP contribution is -2.27. The van der Waals surface area contributed by atoms with E-state index in [-0.39, 0.29) is 0 Å². The minimum atomic E-state index is 0.622. The Labute approximate surface area is 84.7 Å².